The maximum absolute atomic E-state index is 11.9. The lowest BCUT2D eigenvalue weighted by Crippen LogP contribution is -2.31. The maximum Gasteiger partial charge on any atom is 0.258 e. The van der Waals surface area contributed by atoms with Crippen LogP contribution in [0.4, 0.5) is 0 Å². The Morgan fingerprint density at radius 1 is 1.23 bits per heavy atom. The van der Waals surface area contributed by atoms with Crippen molar-refractivity contribution >= 4 is 28.1 Å². The zero-order chi connectivity index (χ0) is 15.9. The van der Waals surface area contributed by atoms with Gasteiger partial charge in [0.15, 0.2) is 12.9 Å². The summed E-state index contributed by atoms with van der Waals surface area (Å²) in [7, 11) is 0. The zero-order valence-electron chi connectivity index (χ0n) is 12.1. The summed E-state index contributed by atoms with van der Waals surface area (Å²) in [4.78, 5) is 22.8. The first-order valence-corrected chi connectivity index (χ1v) is 7.61. The molecule has 1 amide bonds. The van der Waals surface area contributed by atoms with Gasteiger partial charge in [0.2, 0.25) is 0 Å². The van der Waals surface area contributed by atoms with Gasteiger partial charge in [-0.2, -0.15) is 0 Å². The largest absolute Gasteiger partial charge is 0.483 e. The van der Waals surface area contributed by atoms with Gasteiger partial charge in [0.25, 0.3) is 5.91 Å². The molecule has 0 saturated heterocycles. The Bertz CT molecular complexity index is 655. The Hall–Kier alpha value is -2.14. The highest BCUT2D eigenvalue weighted by Crippen LogP contribution is 2.17. The molecule has 1 atom stereocenters. The Kier molecular flexibility index (Phi) is 5.72. The van der Waals surface area contributed by atoms with E-state index in [2.05, 4.69) is 21.2 Å². The number of hydrogen-bond donors (Lipinski definition) is 1. The monoisotopic (exact) mass is 361 g/mol. The number of carbonyl (C=O) groups excluding carboxylic acids is 2. The smallest absolute Gasteiger partial charge is 0.258 e. The molecule has 0 aliphatic carbocycles. The highest BCUT2D eigenvalue weighted by molar-refractivity contribution is 9.10. The van der Waals surface area contributed by atoms with Crippen molar-refractivity contribution in [2.24, 2.45) is 0 Å². The zero-order valence-corrected chi connectivity index (χ0v) is 13.7. The lowest BCUT2D eigenvalue weighted by Gasteiger charge is -2.15. The van der Waals surface area contributed by atoms with E-state index in [4.69, 9.17) is 4.74 Å². The minimum Gasteiger partial charge on any atom is -0.483 e. The minimum atomic E-state index is -0.240. The molecule has 0 fully saturated rings. The first-order valence-electron chi connectivity index (χ1n) is 6.82. The number of rotatable bonds is 6. The van der Waals surface area contributed by atoms with Crippen LogP contribution in [-0.4, -0.2) is 18.8 Å². The van der Waals surface area contributed by atoms with Crippen molar-refractivity contribution < 1.29 is 14.3 Å². The van der Waals surface area contributed by atoms with Crippen molar-refractivity contribution in [3.8, 4) is 5.75 Å². The first-order chi connectivity index (χ1) is 10.6. The Labute approximate surface area is 137 Å². The Morgan fingerprint density at radius 3 is 2.59 bits per heavy atom. The van der Waals surface area contributed by atoms with Crippen LogP contribution < -0.4 is 10.1 Å². The number of benzene rings is 2. The molecule has 0 aliphatic heterocycles. The Balaban J connectivity index is 1.90. The van der Waals surface area contributed by atoms with Crippen molar-refractivity contribution in [2.75, 3.05) is 6.61 Å². The summed E-state index contributed by atoms with van der Waals surface area (Å²) in [6.07, 6.45) is 0.706. The quantitative estimate of drug-likeness (QED) is 0.800. The average Bonchev–Trinajstić information content (AvgIpc) is 2.53. The molecule has 1 N–H and O–H groups in total. The van der Waals surface area contributed by atoms with Gasteiger partial charge < -0.3 is 10.1 Å². The second kappa shape index (κ2) is 7.75. The molecule has 2 rings (SSSR count). The lowest BCUT2D eigenvalue weighted by molar-refractivity contribution is -0.123. The molecular formula is C17H16BrNO3. The van der Waals surface area contributed by atoms with Gasteiger partial charge in [-0.25, -0.2) is 0 Å². The van der Waals surface area contributed by atoms with Gasteiger partial charge in [-0.3, -0.25) is 9.59 Å². The van der Waals surface area contributed by atoms with E-state index < -0.39 is 0 Å². The average molecular weight is 362 g/mol. The molecule has 0 aliphatic rings. The van der Waals surface area contributed by atoms with Crippen LogP contribution >= 0.6 is 15.9 Å². The van der Waals surface area contributed by atoms with Crippen LogP contribution in [0, 0.1) is 0 Å². The number of aldehydes is 1. The fourth-order valence-electron chi connectivity index (χ4n) is 1.97. The predicted molar refractivity (Wildman–Crippen MR) is 88.0 cm³/mol. The second-order valence-electron chi connectivity index (χ2n) is 4.79. The molecule has 0 aromatic heterocycles. The summed E-state index contributed by atoms with van der Waals surface area (Å²) in [6.45, 7) is 1.77. The van der Waals surface area contributed by atoms with Crippen LogP contribution in [0.15, 0.2) is 53.0 Å². The molecule has 0 bridgehead atoms. The van der Waals surface area contributed by atoms with E-state index in [9.17, 15) is 9.59 Å². The molecule has 2 aromatic rings. The number of amides is 1. The molecule has 4 nitrogen and oxygen atoms in total. The van der Waals surface area contributed by atoms with Crippen LogP contribution in [0.3, 0.4) is 0 Å². The molecule has 2 aromatic carbocycles. The lowest BCUT2D eigenvalue weighted by atomic mass is 10.1. The second-order valence-corrected chi connectivity index (χ2v) is 5.70. The SMILES string of the molecule is C[C@@H](NC(=O)COc1ccccc1C=O)c1ccc(Br)cc1. The molecular weight excluding hydrogens is 346 g/mol. The summed E-state index contributed by atoms with van der Waals surface area (Å²) in [5, 5.41) is 2.86. The van der Waals surface area contributed by atoms with Gasteiger partial charge in [0, 0.05) is 4.47 Å². The third-order valence-electron chi connectivity index (χ3n) is 3.15. The molecule has 0 saturated carbocycles. The van der Waals surface area contributed by atoms with Crippen molar-refractivity contribution in [3.05, 3.63) is 64.1 Å². The van der Waals surface area contributed by atoms with Crippen LogP contribution in [0.2, 0.25) is 0 Å². The van der Waals surface area contributed by atoms with Crippen LogP contribution in [0.1, 0.15) is 28.9 Å². The van der Waals surface area contributed by atoms with Gasteiger partial charge >= 0.3 is 0 Å². The molecule has 114 valence electrons. The normalized spacial score (nSPS) is 11.5. The van der Waals surface area contributed by atoms with E-state index in [1.165, 1.54) is 0 Å². The van der Waals surface area contributed by atoms with E-state index in [0.29, 0.717) is 17.6 Å². The maximum atomic E-state index is 11.9. The van der Waals surface area contributed by atoms with Crippen LogP contribution in [0.5, 0.6) is 5.75 Å². The summed E-state index contributed by atoms with van der Waals surface area (Å²) in [5.41, 5.74) is 1.43. The van der Waals surface area contributed by atoms with E-state index in [1.807, 2.05) is 31.2 Å². The van der Waals surface area contributed by atoms with E-state index >= 15 is 0 Å². The first kappa shape index (κ1) is 16.2. The number of ether oxygens (including phenoxy) is 1. The van der Waals surface area contributed by atoms with E-state index in [1.54, 1.807) is 24.3 Å². The van der Waals surface area contributed by atoms with E-state index in [0.717, 1.165) is 10.0 Å². The van der Waals surface area contributed by atoms with Crippen molar-refractivity contribution in [1.29, 1.82) is 0 Å². The van der Waals surface area contributed by atoms with E-state index in [-0.39, 0.29) is 18.6 Å². The Morgan fingerprint density at radius 2 is 1.91 bits per heavy atom. The fraction of sp³-hybridized carbons (Fsp3) is 0.176. The number of carbonyl (C=O) groups is 2. The fourth-order valence-corrected chi connectivity index (χ4v) is 2.23. The third-order valence-corrected chi connectivity index (χ3v) is 3.68. The molecule has 0 spiro atoms. The summed E-state index contributed by atoms with van der Waals surface area (Å²) in [5.74, 6) is 0.167. The van der Waals surface area contributed by atoms with Gasteiger partial charge in [0.1, 0.15) is 5.75 Å². The van der Waals surface area contributed by atoms with Gasteiger partial charge in [-0.05, 0) is 36.8 Å². The predicted octanol–water partition coefficient (Wildman–Crippen LogP) is 3.52. The highest BCUT2D eigenvalue weighted by atomic mass is 79.9. The molecule has 5 heteroatoms. The summed E-state index contributed by atoms with van der Waals surface area (Å²) < 4.78 is 6.38. The van der Waals surface area contributed by atoms with Gasteiger partial charge in [-0.15, -0.1) is 0 Å². The molecule has 0 radical (unpaired) electrons. The number of halogens is 1. The summed E-state index contributed by atoms with van der Waals surface area (Å²) in [6, 6.07) is 14.4. The number of hydrogen-bond acceptors (Lipinski definition) is 3. The van der Waals surface area contributed by atoms with Crippen molar-refractivity contribution in [1.82, 2.24) is 5.32 Å². The molecule has 0 unspecified atom stereocenters. The molecule has 0 heterocycles. The minimum absolute atomic E-state index is 0.120. The number of para-hydroxylation sites is 1. The van der Waals surface area contributed by atoms with Gasteiger partial charge in [0.05, 0.1) is 11.6 Å². The summed E-state index contributed by atoms with van der Waals surface area (Å²) >= 11 is 3.37. The van der Waals surface area contributed by atoms with Crippen LogP contribution in [-0.2, 0) is 4.79 Å². The highest BCUT2D eigenvalue weighted by Gasteiger charge is 2.11. The van der Waals surface area contributed by atoms with Crippen LogP contribution in [0.25, 0.3) is 0 Å². The molecule has 22 heavy (non-hydrogen) atoms. The van der Waals surface area contributed by atoms with Gasteiger partial charge in [-0.1, -0.05) is 40.2 Å². The van der Waals surface area contributed by atoms with Crippen molar-refractivity contribution in [3.63, 3.8) is 0 Å². The third kappa shape index (κ3) is 4.43. The topological polar surface area (TPSA) is 55.4 Å². The van der Waals surface area contributed by atoms with Crippen molar-refractivity contribution in [2.45, 2.75) is 13.0 Å². The standard InChI is InChI=1S/C17H16BrNO3/c1-12(13-6-8-15(18)9-7-13)19-17(21)11-22-16-5-3-2-4-14(16)10-20/h2-10,12H,11H2,1H3,(H,19,21)/t12-/m1/s1. The number of nitrogens with one attached hydrogen (secondary N) is 1.